The number of pyridine rings is 1. The van der Waals surface area contributed by atoms with Crippen LogP contribution in [0, 0.1) is 0 Å². The van der Waals surface area contributed by atoms with E-state index in [1.165, 1.54) is 18.4 Å². The van der Waals surface area contributed by atoms with Crippen molar-refractivity contribution in [2.24, 2.45) is 0 Å². The summed E-state index contributed by atoms with van der Waals surface area (Å²) in [7, 11) is 0. The molecule has 1 aliphatic rings. The molecule has 1 fully saturated rings. The molecule has 2 heterocycles. The maximum absolute atomic E-state index is 6.01. The van der Waals surface area contributed by atoms with Crippen LogP contribution in [0.25, 0.3) is 11.0 Å². The second kappa shape index (κ2) is 4.12. The summed E-state index contributed by atoms with van der Waals surface area (Å²) in [5.41, 5.74) is 2.25. The highest BCUT2D eigenvalue weighted by atomic mass is 16.5. The lowest BCUT2D eigenvalue weighted by Gasteiger charge is -2.07. The average molecular weight is 250 g/mol. The highest BCUT2D eigenvalue weighted by Gasteiger charge is 2.28. The van der Waals surface area contributed by atoms with Gasteiger partial charge in [-0.25, -0.2) is 4.98 Å². The molecule has 3 heteroatoms. The van der Waals surface area contributed by atoms with Crippen LogP contribution < -0.4 is 4.74 Å². The van der Waals surface area contributed by atoms with E-state index in [0.717, 1.165) is 22.5 Å². The molecule has 0 aliphatic heterocycles. The fraction of sp³-hybridized carbons (Fsp3) is 0.188. The maximum Gasteiger partial charge on any atom is 0.141 e. The highest BCUT2D eigenvalue weighted by molar-refractivity contribution is 5.87. The van der Waals surface area contributed by atoms with Gasteiger partial charge in [-0.15, -0.1) is 0 Å². The van der Waals surface area contributed by atoms with E-state index in [0.29, 0.717) is 5.92 Å². The lowest BCUT2D eigenvalue weighted by molar-refractivity contribution is 0.487. The summed E-state index contributed by atoms with van der Waals surface area (Å²) in [6.45, 7) is 0. The van der Waals surface area contributed by atoms with Gasteiger partial charge in [-0.3, -0.25) is 0 Å². The number of fused-ring (bicyclic) bond motifs is 1. The zero-order valence-electron chi connectivity index (χ0n) is 10.5. The molecular weight excluding hydrogens is 236 g/mol. The number of nitrogens with zero attached hydrogens (tertiary/aromatic N) is 1. The number of rotatable bonds is 3. The predicted octanol–water partition coefficient (Wildman–Crippen LogP) is 4.23. The van der Waals surface area contributed by atoms with Crippen LogP contribution in [0.4, 0.5) is 0 Å². The van der Waals surface area contributed by atoms with E-state index in [4.69, 9.17) is 4.74 Å². The highest BCUT2D eigenvalue weighted by Crippen LogP contribution is 2.45. The summed E-state index contributed by atoms with van der Waals surface area (Å²) in [4.78, 5) is 7.62. The van der Waals surface area contributed by atoms with Gasteiger partial charge in [-0.1, -0.05) is 18.2 Å². The van der Waals surface area contributed by atoms with E-state index >= 15 is 0 Å². The standard InChI is InChI=1S/C16H14N2O/c1-2-4-12(5-3-1)19-14-8-9-17-16-15(14)13(10-18-16)11-6-7-11/h1-5,8-11H,6-7H2,(H,17,18). The van der Waals surface area contributed by atoms with E-state index in [1.807, 2.05) is 36.4 Å². The molecule has 0 radical (unpaired) electrons. The molecule has 1 saturated carbocycles. The summed E-state index contributed by atoms with van der Waals surface area (Å²) >= 11 is 0. The van der Waals surface area contributed by atoms with Crippen LogP contribution >= 0.6 is 0 Å². The van der Waals surface area contributed by atoms with E-state index < -0.39 is 0 Å². The minimum absolute atomic E-state index is 0.677. The van der Waals surface area contributed by atoms with Gasteiger partial charge in [-0.05, 0) is 42.5 Å². The number of H-pyrrole nitrogens is 1. The maximum atomic E-state index is 6.01. The van der Waals surface area contributed by atoms with Crippen molar-refractivity contribution in [2.45, 2.75) is 18.8 Å². The molecule has 0 atom stereocenters. The first kappa shape index (κ1) is 10.6. The third-order valence-electron chi connectivity index (χ3n) is 3.55. The number of ether oxygens (including phenoxy) is 1. The molecule has 19 heavy (non-hydrogen) atoms. The summed E-state index contributed by atoms with van der Waals surface area (Å²) in [6, 6.07) is 11.8. The molecule has 4 rings (SSSR count). The lowest BCUT2D eigenvalue weighted by Crippen LogP contribution is -1.87. The second-order valence-corrected chi connectivity index (χ2v) is 4.97. The minimum Gasteiger partial charge on any atom is -0.457 e. The zero-order chi connectivity index (χ0) is 12.7. The van der Waals surface area contributed by atoms with Gasteiger partial charge in [0.05, 0.1) is 5.39 Å². The Kier molecular flexibility index (Phi) is 2.30. The van der Waals surface area contributed by atoms with Crippen LogP contribution in [0.1, 0.15) is 24.3 Å². The number of benzene rings is 1. The van der Waals surface area contributed by atoms with Crippen molar-refractivity contribution >= 4 is 11.0 Å². The first-order chi connectivity index (χ1) is 9.42. The second-order valence-electron chi connectivity index (χ2n) is 4.97. The molecular formula is C16H14N2O. The van der Waals surface area contributed by atoms with Crippen molar-refractivity contribution < 1.29 is 4.74 Å². The molecule has 2 aromatic heterocycles. The van der Waals surface area contributed by atoms with Crippen molar-refractivity contribution in [2.75, 3.05) is 0 Å². The van der Waals surface area contributed by atoms with E-state index in [9.17, 15) is 0 Å². The summed E-state index contributed by atoms with van der Waals surface area (Å²) < 4.78 is 6.01. The van der Waals surface area contributed by atoms with E-state index in [-0.39, 0.29) is 0 Å². The first-order valence-electron chi connectivity index (χ1n) is 6.61. The van der Waals surface area contributed by atoms with Gasteiger partial charge in [0.2, 0.25) is 0 Å². The average Bonchev–Trinajstić information content (AvgIpc) is 3.20. The Morgan fingerprint density at radius 3 is 2.74 bits per heavy atom. The Balaban J connectivity index is 1.82. The molecule has 1 aliphatic carbocycles. The number of aromatic nitrogens is 2. The van der Waals surface area contributed by atoms with Gasteiger partial charge >= 0.3 is 0 Å². The van der Waals surface area contributed by atoms with Crippen molar-refractivity contribution in [3.63, 3.8) is 0 Å². The zero-order valence-corrected chi connectivity index (χ0v) is 10.5. The molecule has 0 amide bonds. The van der Waals surface area contributed by atoms with Crippen LogP contribution in [0.5, 0.6) is 11.5 Å². The van der Waals surface area contributed by atoms with Gasteiger partial charge in [0.15, 0.2) is 0 Å². The lowest BCUT2D eigenvalue weighted by atomic mass is 10.1. The van der Waals surface area contributed by atoms with E-state index in [1.54, 1.807) is 6.20 Å². The van der Waals surface area contributed by atoms with Crippen molar-refractivity contribution in [1.29, 1.82) is 0 Å². The van der Waals surface area contributed by atoms with Crippen LogP contribution in [-0.4, -0.2) is 9.97 Å². The predicted molar refractivity (Wildman–Crippen MR) is 74.6 cm³/mol. The smallest absolute Gasteiger partial charge is 0.141 e. The van der Waals surface area contributed by atoms with Crippen molar-refractivity contribution in [1.82, 2.24) is 9.97 Å². The molecule has 3 nitrogen and oxygen atoms in total. The quantitative estimate of drug-likeness (QED) is 0.755. The molecule has 1 N–H and O–H groups in total. The Morgan fingerprint density at radius 1 is 1.11 bits per heavy atom. The fourth-order valence-corrected chi connectivity index (χ4v) is 2.47. The van der Waals surface area contributed by atoms with Crippen LogP contribution in [0.15, 0.2) is 48.8 Å². The Bertz CT molecular complexity index is 714. The number of nitrogens with one attached hydrogen (secondary N) is 1. The first-order valence-corrected chi connectivity index (χ1v) is 6.61. The Hall–Kier alpha value is -2.29. The van der Waals surface area contributed by atoms with Gasteiger partial charge in [-0.2, -0.15) is 0 Å². The molecule has 0 spiro atoms. The van der Waals surface area contributed by atoms with Crippen LogP contribution in [-0.2, 0) is 0 Å². The summed E-state index contributed by atoms with van der Waals surface area (Å²) in [5.74, 6) is 2.42. The van der Waals surface area contributed by atoms with E-state index in [2.05, 4.69) is 16.2 Å². The van der Waals surface area contributed by atoms with Gasteiger partial charge in [0, 0.05) is 12.4 Å². The monoisotopic (exact) mass is 250 g/mol. The third-order valence-corrected chi connectivity index (χ3v) is 3.55. The van der Waals surface area contributed by atoms with Crippen molar-refractivity contribution in [3.05, 3.63) is 54.4 Å². The number of hydrogen-bond acceptors (Lipinski definition) is 2. The molecule has 0 unspecified atom stereocenters. The van der Waals surface area contributed by atoms with Gasteiger partial charge < -0.3 is 9.72 Å². The fourth-order valence-electron chi connectivity index (χ4n) is 2.47. The summed E-state index contributed by atoms with van der Waals surface area (Å²) in [6.07, 6.45) is 6.40. The Morgan fingerprint density at radius 2 is 1.95 bits per heavy atom. The van der Waals surface area contributed by atoms with Crippen LogP contribution in [0.2, 0.25) is 0 Å². The SMILES string of the molecule is c1ccc(Oc2ccnc3[nH]cc(C4CC4)c23)cc1. The molecule has 0 saturated heterocycles. The number of hydrogen-bond donors (Lipinski definition) is 1. The third kappa shape index (κ3) is 1.87. The topological polar surface area (TPSA) is 37.9 Å². The Labute approximate surface area is 111 Å². The molecule has 1 aromatic carbocycles. The van der Waals surface area contributed by atoms with Gasteiger partial charge in [0.25, 0.3) is 0 Å². The molecule has 0 bridgehead atoms. The van der Waals surface area contributed by atoms with Gasteiger partial charge in [0.1, 0.15) is 17.1 Å². The van der Waals surface area contributed by atoms with Crippen molar-refractivity contribution in [3.8, 4) is 11.5 Å². The number of para-hydroxylation sites is 1. The summed E-state index contributed by atoms with van der Waals surface area (Å²) in [5, 5.41) is 1.13. The van der Waals surface area contributed by atoms with Crippen LogP contribution in [0.3, 0.4) is 0 Å². The molecule has 94 valence electrons. The molecule has 3 aromatic rings. The number of aromatic amines is 1. The normalized spacial score (nSPS) is 14.7. The minimum atomic E-state index is 0.677. The largest absolute Gasteiger partial charge is 0.457 e.